The van der Waals surface area contributed by atoms with Gasteiger partial charge in [0.2, 0.25) is 0 Å². The van der Waals surface area contributed by atoms with Crippen LogP contribution in [0.1, 0.15) is 44.3 Å². The van der Waals surface area contributed by atoms with E-state index in [0.717, 1.165) is 25.7 Å². The minimum atomic E-state index is -0.565. The van der Waals surface area contributed by atoms with Crippen LogP contribution in [0.15, 0.2) is 0 Å². The molecule has 0 saturated heterocycles. The Kier molecular flexibility index (Phi) is 4.29. The van der Waals surface area contributed by atoms with Gasteiger partial charge in [-0.25, -0.2) is 0 Å². The van der Waals surface area contributed by atoms with Crippen molar-refractivity contribution in [2.75, 3.05) is 7.11 Å². The monoisotopic (exact) mass is 254 g/mol. The van der Waals surface area contributed by atoms with Crippen molar-refractivity contribution in [1.82, 2.24) is 20.2 Å². The lowest BCUT2D eigenvalue weighted by Crippen LogP contribution is -2.45. The first-order valence-electron chi connectivity index (χ1n) is 6.62. The molecule has 1 unspecified atom stereocenters. The lowest BCUT2D eigenvalue weighted by atomic mass is 9.86. The lowest BCUT2D eigenvalue weighted by molar-refractivity contribution is -0.111. The Morgan fingerprint density at radius 2 is 2.00 bits per heavy atom. The first kappa shape index (κ1) is 13.4. The van der Waals surface area contributed by atoms with Crippen LogP contribution >= 0.6 is 0 Å². The molecular weight excluding hydrogens is 232 g/mol. The molecule has 1 aliphatic rings. The molecule has 6 heteroatoms. The Morgan fingerprint density at radius 3 is 2.50 bits per heavy atom. The van der Waals surface area contributed by atoms with Gasteiger partial charge in [-0.3, -0.25) is 0 Å². The third-order valence-corrected chi connectivity index (χ3v) is 3.89. The van der Waals surface area contributed by atoms with Gasteiger partial charge in [-0.2, -0.15) is 4.80 Å². The fourth-order valence-corrected chi connectivity index (χ4v) is 2.76. The summed E-state index contributed by atoms with van der Waals surface area (Å²) < 4.78 is 5.67. The molecular formula is C12H22N4O2. The van der Waals surface area contributed by atoms with E-state index in [0.29, 0.717) is 12.2 Å². The van der Waals surface area contributed by atoms with E-state index < -0.39 is 11.7 Å². The molecule has 1 saturated carbocycles. The third-order valence-electron chi connectivity index (χ3n) is 3.89. The van der Waals surface area contributed by atoms with Crippen LogP contribution in [0, 0.1) is 0 Å². The summed E-state index contributed by atoms with van der Waals surface area (Å²) in [6, 6.07) is 0. The second kappa shape index (κ2) is 5.75. The Morgan fingerprint density at radius 1 is 1.33 bits per heavy atom. The fourth-order valence-electron chi connectivity index (χ4n) is 2.76. The number of ether oxygens (including phenoxy) is 1. The topological polar surface area (TPSA) is 73.1 Å². The quantitative estimate of drug-likeness (QED) is 0.806. The number of hydrogen-bond donors (Lipinski definition) is 1. The van der Waals surface area contributed by atoms with E-state index in [9.17, 15) is 5.11 Å². The second-order valence-corrected chi connectivity index (χ2v) is 5.10. The molecule has 0 bridgehead atoms. The maximum atomic E-state index is 10.5. The van der Waals surface area contributed by atoms with Crippen molar-refractivity contribution in [1.29, 1.82) is 0 Å². The predicted molar refractivity (Wildman–Crippen MR) is 66.0 cm³/mol. The van der Waals surface area contributed by atoms with Crippen LogP contribution in [0.25, 0.3) is 0 Å². The van der Waals surface area contributed by atoms with E-state index in [2.05, 4.69) is 15.4 Å². The first-order valence-corrected chi connectivity index (χ1v) is 6.62. The lowest BCUT2D eigenvalue weighted by Gasteiger charge is -2.35. The van der Waals surface area contributed by atoms with Gasteiger partial charge in [-0.15, -0.1) is 10.2 Å². The van der Waals surface area contributed by atoms with E-state index >= 15 is 0 Å². The van der Waals surface area contributed by atoms with Crippen LogP contribution in [0.5, 0.6) is 0 Å². The minimum Gasteiger partial charge on any atom is -0.390 e. The van der Waals surface area contributed by atoms with Gasteiger partial charge in [-0.1, -0.05) is 25.7 Å². The van der Waals surface area contributed by atoms with Crippen LogP contribution in [-0.4, -0.2) is 44.1 Å². The number of aryl methyl sites for hydroxylation is 1. The molecule has 1 aliphatic carbocycles. The number of aliphatic hydroxyl groups excluding tert-OH is 1. The van der Waals surface area contributed by atoms with E-state index in [1.165, 1.54) is 17.6 Å². The molecule has 6 nitrogen and oxygen atoms in total. The molecule has 0 spiro atoms. The highest BCUT2D eigenvalue weighted by Crippen LogP contribution is 2.33. The van der Waals surface area contributed by atoms with Crippen LogP contribution < -0.4 is 0 Å². The number of rotatable bonds is 4. The SMILES string of the molecule is COC1(C(O)Cc2nnn(C)n2)CCCCCC1. The number of methoxy groups -OCH3 is 1. The average Bonchev–Trinajstić information content (AvgIpc) is 2.65. The van der Waals surface area contributed by atoms with Crippen molar-refractivity contribution in [3.05, 3.63) is 5.82 Å². The van der Waals surface area contributed by atoms with E-state index in [1.807, 2.05) is 0 Å². The van der Waals surface area contributed by atoms with Crippen LogP contribution in [0.2, 0.25) is 0 Å². The molecule has 102 valence electrons. The highest BCUT2D eigenvalue weighted by molar-refractivity contribution is 4.95. The van der Waals surface area contributed by atoms with Gasteiger partial charge in [0.25, 0.3) is 0 Å². The molecule has 1 aromatic rings. The molecule has 1 heterocycles. The van der Waals surface area contributed by atoms with Crippen molar-refractivity contribution >= 4 is 0 Å². The maximum Gasteiger partial charge on any atom is 0.177 e. The standard InChI is InChI=1S/C12H22N4O2/c1-16-14-11(13-15-16)9-10(17)12(18-2)7-5-3-4-6-8-12/h10,17H,3-9H2,1-2H3. The van der Waals surface area contributed by atoms with Crippen molar-refractivity contribution < 1.29 is 9.84 Å². The van der Waals surface area contributed by atoms with Gasteiger partial charge in [0, 0.05) is 13.5 Å². The van der Waals surface area contributed by atoms with Crippen LogP contribution in [0.3, 0.4) is 0 Å². The molecule has 2 rings (SSSR count). The molecule has 18 heavy (non-hydrogen) atoms. The minimum absolute atomic E-state index is 0.404. The number of aromatic nitrogens is 4. The molecule has 0 aromatic carbocycles. The first-order chi connectivity index (χ1) is 8.66. The summed E-state index contributed by atoms with van der Waals surface area (Å²) in [7, 11) is 3.42. The zero-order valence-corrected chi connectivity index (χ0v) is 11.2. The molecule has 1 N–H and O–H groups in total. The molecule has 1 fully saturated rings. The van der Waals surface area contributed by atoms with Crippen LogP contribution in [0.4, 0.5) is 0 Å². The molecule has 0 radical (unpaired) electrons. The number of nitrogens with zero attached hydrogens (tertiary/aromatic N) is 4. The van der Waals surface area contributed by atoms with Crippen molar-refractivity contribution in [2.45, 2.75) is 56.7 Å². The summed E-state index contributed by atoms with van der Waals surface area (Å²) in [5.41, 5.74) is -0.435. The van der Waals surface area contributed by atoms with Gasteiger partial charge in [0.05, 0.1) is 18.8 Å². The van der Waals surface area contributed by atoms with E-state index in [-0.39, 0.29) is 0 Å². The Labute approximate surface area is 107 Å². The van der Waals surface area contributed by atoms with Crippen LogP contribution in [-0.2, 0) is 18.2 Å². The molecule has 0 amide bonds. The van der Waals surface area contributed by atoms with Gasteiger partial charge in [-0.05, 0) is 18.1 Å². The summed E-state index contributed by atoms with van der Waals surface area (Å²) in [4.78, 5) is 1.41. The summed E-state index contributed by atoms with van der Waals surface area (Å²) in [5.74, 6) is 0.575. The normalized spacial score (nSPS) is 21.5. The van der Waals surface area contributed by atoms with Gasteiger partial charge >= 0.3 is 0 Å². The molecule has 0 aliphatic heterocycles. The van der Waals surface area contributed by atoms with Crippen molar-refractivity contribution in [3.63, 3.8) is 0 Å². The largest absolute Gasteiger partial charge is 0.390 e. The van der Waals surface area contributed by atoms with Gasteiger partial charge < -0.3 is 9.84 Å². The number of hydrogen-bond acceptors (Lipinski definition) is 5. The zero-order chi connectivity index (χ0) is 13.0. The Hall–Kier alpha value is -1.01. The second-order valence-electron chi connectivity index (χ2n) is 5.10. The zero-order valence-electron chi connectivity index (χ0n) is 11.2. The number of tetrazole rings is 1. The van der Waals surface area contributed by atoms with E-state index in [1.54, 1.807) is 14.2 Å². The maximum absolute atomic E-state index is 10.5. The predicted octanol–water partition coefficient (Wildman–Crippen LogP) is 0.853. The number of aliphatic hydroxyl groups is 1. The summed E-state index contributed by atoms with van der Waals surface area (Å²) in [6.07, 6.45) is 6.32. The Balaban J connectivity index is 2.06. The van der Waals surface area contributed by atoms with E-state index in [4.69, 9.17) is 4.74 Å². The highest BCUT2D eigenvalue weighted by atomic mass is 16.5. The molecule has 1 aromatic heterocycles. The summed E-state index contributed by atoms with van der Waals surface area (Å²) in [5, 5.41) is 22.3. The molecule has 1 atom stereocenters. The Bertz CT molecular complexity index is 372. The van der Waals surface area contributed by atoms with Gasteiger partial charge in [0.15, 0.2) is 5.82 Å². The third kappa shape index (κ3) is 2.87. The summed E-state index contributed by atoms with van der Waals surface area (Å²) >= 11 is 0. The van der Waals surface area contributed by atoms with Crippen molar-refractivity contribution in [3.8, 4) is 0 Å². The van der Waals surface area contributed by atoms with Gasteiger partial charge in [0.1, 0.15) is 0 Å². The average molecular weight is 254 g/mol. The van der Waals surface area contributed by atoms with Crippen molar-refractivity contribution in [2.24, 2.45) is 7.05 Å². The smallest absolute Gasteiger partial charge is 0.177 e. The highest BCUT2D eigenvalue weighted by Gasteiger charge is 2.38. The fraction of sp³-hybridized carbons (Fsp3) is 0.917. The summed E-state index contributed by atoms with van der Waals surface area (Å²) in [6.45, 7) is 0.